The number of hydrogen-bond acceptors (Lipinski definition) is 4. The summed E-state index contributed by atoms with van der Waals surface area (Å²) in [6.45, 7) is 3.96. The number of carboxylic acid groups (broad SMARTS) is 1. The summed E-state index contributed by atoms with van der Waals surface area (Å²) in [5.41, 5.74) is -0.393. The van der Waals surface area contributed by atoms with Gasteiger partial charge in [0.15, 0.2) is 0 Å². The van der Waals surface area contributed by atoms with E-state index in [9.17, 15) is 9.59 Å². The lowest BCUT2D eigenvalue weighted by Gasteiger charge is -2.14. The van der Waals surface area contributed by atoms with Gasteiger partial charge in [-0.15, -0.1) is 0 Å². The maximum atomic E-state index is 11.1. The summed E-state index contributed by atoms with van der Waals surface area (Å²) in [6.07, 6.45) is 1.74. The van der Waals surface area contributed by atoms with Gasteiger partial charge in [-0.05, 0) is 33.1 Å². The van der Waals surface area contributed by atoms with E-state index in [2.05, 4.69) is 6.07 Å². The van der Waals surface area contributed by atoms with Crippen LogP contribution in [-0.2, 0) is 14.3 Å². The average molecular weight is 241 g/mol. The average Bonchev–Trinajstić information content (AvgIpc) is 2.24. The number of nitriles is 1. The molecule has 0 unspecified atom stereocenters. The van der Waals surface area contributed by atoms with E-state index in [1.54, 1.807) is 0 Å². The van der Waals surface area contributed by atoms with E-state index < -0.39 is 11.4 Å². The van der Waals surface area contributed by atoms with Crippen LogP contribution in [0.15, 0.2) is 0 Å². The lowest BCUT2D eigenvalue weighted by atomic mass is 9.90. The van der Waals surface area contributed by atoms with Gasteiger partial charge in [-0.2, -0.15) is 5.26 Å². The molecule has 0 heterocycles. The SMILES string of the molecule is CC(C)(C#N)CCCOC(=O)CCCC(=O)O. The van der Waals surface area contributed by atoms with Crippen LogP contribution in [0.5, 0.6) is 0 Å². The molecule has 0 saturated heterocycles. The summed E-state index contributed by atoms with van der Waals surface area (Å²) in [7, 11) is 0. The Morgan fingerprint density at radius 2 is 1.94 bits per heavy atom. The number of ether oxygens (including phenoxy) is 1. The van der Waals surface area contributed by atoms with E-state index in [0.29, 0.717) is 19.3 Å². The minimum atomic E-state index is -0.909. The molecule has 0 aliphatic heterocycles. The second kappa shape index (κ2) is 7.66. The van der Waals surface area contributed by atoms with Crippen molar-refractivity contribution in [3.05, 3.63) is 0 Å². The quantitative estimate of drug-likeness (QED) is 0.519. The topological polar surface area (TPSA) is 87.4 Å². The Hall–Kier alpha value is -1.57. The highest BCUT2D eigenvalue weighted by Crippen LogP contribution is 2.20. The summed E-state index contributed by atoms with van der Waals surface area (Å²) in [5.74, 6) is -1.28. The van der Waals surface area contributed by atoms with Crippen molar-refractivity contribution in [1.29, 1.82) is 5.26 Å². The maximum absolute atomic E-state index is 11.1. The number of rotatable bonds is 8. The molecule has 0 rings (SSSR count). The van der Waals surface area contributed by atoms with Crippen LogP contribution < -0.4 is 0 Å². The van der Waals surface area contributed by atoms with Gasteiger partial charge in [0.2, 0.25) is 0 Å². The molecule has 0 radical (unpaired) electrons. The second-order valence-electron chi connectivity index (χ2n) is 4.57. The largest absolute Gasteiger partial charge is 0.481 e. The minimum Gasteiger partial charge on any atom is -0.481 e. The lowest BCUT2D eigenvalue weighted by molar-refractivity contribution is -0.144. The highest BCUT2D eigenvalue weighted by molar-refractivity contribution is 5.71. The third-order valence-corrected chi connectivity index (χ3v) is 2.28. The van der Waals surface area contributed by atoms with Crippen molar-refractivity contribution in [2.24, 2.45) is 5.41 Å². The van der Waals surface area contributed by atoms with Gasteiger partial charge in [0, 0.05) is 12.8 Å². The Morgan fingerprint density at radius 3 is 2.47 bits per heavy atom. The molecule has 0 aliphatic carbocycles. The first kappa shape index (κ1) is 15.4. The molecule has 0 aromatic heterocycles. The van der Waals surface area contributed by atoms with Crippen molar-refractivity contribution in [3.8, 4) is 6.07 Å². The Bertz CT molecular complexity index is 304. The lowest BCUT2D eigenvalue weighted by Crippen LogP contribution is -2.11. The van der Waals surface area contributed by atoms with Gasteiger partial charge in [0.05, 0.1) is 18.1 Å². The van der Waals surface area contributed by atoms with Gasteiger partial charge in [-0.1, -0.05) is 0 Å². The zero-order valence-electron chi connectivity index (χ0n) is 10.4. The molecule has 17 heavy (non-hydrogen) atoms. The van der Waals surface area contributed by atoms with E-state index in [0.717, 1.165) is 0 Å². The van der Waals surface area contributed by atoms with E-state index in [1.165, 1.54) is 0 Å². The standard InChI is InChI=1S/C12H19NO4/c1-12(2,9-13)7-4-8-17-11(16)6-3-5-10(14)15/h3-8H2,1-2H3,(H,14,15). The van der Waals surface area contributed by atoms with Crippen molar-refractivity contribution in [1.82, 2.24) is 0 Å². The molecule has 0 aromatic carbocycles. The molecule has 5 heteroatoms. The van der Waals surface area contributed by atoms with Crippen molar-refractivity contribution in [2.75, 3.05) is 6.61 Å². The fourth-order valence-corrected chi connectivity index (χ4v) is 1.21. The van der Waals surface area contributed by atoms with Crippen LogP contribution in [-0.4, -0.2) is 23.7 Å². The number of carboxylic acids is 1. The molecule has 0 aromatic rings. The van der Waals surface area contributed by atoms with Crippen molar-refractivity contribution in [3.63, 3.8) is 0 Å². The van der Waals surface area contributed by atoms with Gasteiger partial charge in [0.25, 0.3) is 0 Å². The van der Waals surface area contributed by atoms with Crippen LogP contribution in [0.2, 0.25) is 0 Å². The smallest absolute Gasteiger partial charge is 0.305 e. The first-order valence-electron chi connectivity index (χ1n) is 5.66. The molecule has 0 fully saturated rings. The zero-order valence-corrected chi connectivity index (χ0v) is 10.4. The number of esters is 1. The van der Waals surface area contributed by atoms with Crippen LogP contribution in [0, 0.1) is 16.7 Å². The monoisotopic (exact) mass is 241 g/mol. The highest BCUT2D eigenvalue weighted by atomic mass is 16.5. The van der Waals surface area contributed by atoms with Crippen LogP contribution in [0.1, 0.15) is 46.0 Å². The third kappa shape index (κ3) is 9.36. The molecule has 0 aliphatic rings. The number of carbonyl (C=O) groups is 2. The van der Waals surface area contributed by atoms with Crippen molar-refractivity contribution in [2.45, 2.75) is 46.0 Å². The van der Waals surface area contributed by atoms with Gasteiger partial charge in [-0.3, -0.25) is 9.59 Å². The Morgan fingerprint density at radius 1 is 1.29 bits per heavy atom. The van der Waals surface area contributed by atoms with Gasteiger partial charge < -0.3 is 9.84 Å². The van der Waals surface area contributed by atoms with Crippen molar-refractivity contribution < 1.29 is 19.4 Å². The molecule has 96 valence electrons. The Kier molecular flexibility index (Phi) is 6.95. The molecule has 0 atom stereocenters. The van der Waals surface area contributed by atoms with Crippen LogP contribution >= 0.6 is 0 Å². The van der Waals surface area contributed by atoms with Crippen LogP contribution in [0.25, 0.3) is 0 Å². The number of carbonyl (C=O) groups excluding carboxylic acids is 1. The molecule has 0 amide bonds. The molecule has 1 N–H and O–H groups in total. The number of hydrogen-bond donors (Lipinski definition) is 1. The molecular formula is C12H19NO4. The summed E-state index contributed by atoms with van der Waals surface area (Å²) in [5, 5.41) is 17.1. The maximum Gasteiger partial charge on any atom is 0.305 e. The summed E-state index contributed by atoms with van der Waals surface area (Å²) in [4.78, 5) is 21.3. The Labute approximate surface area is 101 Å². The molecule has 0 saturated carbocycles. The summed E-state index contributed by atoms with van der Waals surface area (Å²) in [6, 6.07) is 2.17. The first-order valence-corrected chi connectivity index (χ1v) is 5.66. The fraction of sp³-hybridized carbons (Fsp3) is 0.750. The van der Waals surface area contributed by atoms with E-state index in [4.69, 9.17) is 15.1 Å². The van der Waals surface area contributed by atoms with Crippen molar-refractivity contribution >= 4 is 11.9 Å². The minimum absolute atomic E-state index is 0.0173. The van der Waals surface area contributed by atoms with E-state index in [1.807, 2.05) is 13.8 Å². The third-order valence-electron chi connectivity index (χ3n) is 2.28. The van der Waals surface area contributed by atoms with Gasteiger partial charge in [-0.25, -0.2) is 0 Å². The number of aliphatic carboxylic acids is 1. The van der Waals surface area contributed by atoms with Crippen LogP contribution in [0.4, 0.5) is 0 Å². The van der Waals surface area contributed by atoms with E-state index >= 15 is 0 Å². The predicted molar refractivity (Wildman–Crippen MR) is 61.1 cm³/mol. The molecule has 0 bridgehead atoms. The molecular weight excluding hydrogens is 222 g/mol. The predicted octanol–water partition coefficient (Wildman–Crippen LogP) is 2.11. The van der Waals surface area contributed by atoms with Crippen LogP contribution in [0.3, 0.4) is 0 Å². The summed E-state index contributed by atoms with van der Waals surface area (Å²) >= 11 is 0. The first-order chi connectivity index (χ1) is 7.87. The summed E-state index contributed by atoms with van der Waals surface area (Å²) < 4.78 is 4.92. The fourth-order valence-electron chi connectivity index (χ4n) is 1.21. The normalized spacial score (nSPS) is 10.6. The zero-order chi connectivity index (χ0) is 13.3. The second-order valence-corrected chi connectivity index (χ2v) is 4.57. The Balaban J connectivity index is 3.53. The molecule has 5 nitrogen and oxygen atoms in total. The van der Waals surface area contributed by atoms with E-state index in [-0.39, 0.29) is 25.4 Å². The highest BCUT2D eigenvalue weighted by Gasteiger charge is 2.16. The van der Waals surface area contributed by atoms with Gasteiger partial charge >= 0.3 is 11.9 Å². The molecule has 0 spiro atoms. The number of nitrogens with zero attached hydrogens (tertiary/aromatic N) is 1. The van der Waals surface area contributed by atoms with Gasteiger partial charge in [0.1, 0.15) is 0 Å².